The third-order valence-corrected chi connectivity index (χ3v) is 6.83. The Balaban J connectivity index is 1.47. The molecule has 0 N–H and O–H groups in total. The number of esters is 1. The number of ether oxygens (including phenoxy) is 3. The van der Waals surface area contributed by atoms with Crippen molar-refractivity contribution in [1.82, 2.24) is 0 Å². The van der Waals surface area contributed by atoms with E-state index in [1.165, 1.54) is 49.7 Å². The highest BCUT2D eigenvalue weighted by Crippen LogP contribution is 2.25. The predicted octanol–water partition coefficient (Wildman–Crippen LogP) is 9.55. The number of carbonyl (C=O) groups excluding carboxylic acids is 1. The molecule has 0 aliphatic heterocycles. The van der Waals surface area contributed by atoms with E-state index in [0.717, 1.165) is 75.9 Å². The highest BCUT2D eigenvalue weighted by molar-refractivity contribution is 5.69. The van der Waals surface area contributed by atoms with Crippen LogP contribution in [0.5, 0.6) is 11.5 Å². The van der Waals surface area contributed by atoms with Gasteiger partial charge in [-0.15, -0.1) is 12.3 Å². The maximum atomic E-state index is 11.8. The fourth-order valence-corrected chi connectivity index (χ4v) is 4.42. The normalized spacial score (nSPS) is 10.7. The van der Waals surface area contributed by atoms with Gasteiger partial charge < -0.3 is 14.2 Å². The van der Waals surface area contributed by atoms with Gasteiger partial charge in [0.1, 0.15) is 11.5 Å². The molecule has 0 heterocycles. The molecule has 0 unspecified atom stereocenters. The van der Waals surface area contributed by atoms with Crippen molar-refractivity contribution < 1.29 is 19.0 Å². The Kier molecular flexibility index (Phi) is 18.2. The molecular weight excluding hydrogens is 484 g/mol. The van der Waals surface area contributed by atoms with Crippen LogP contribution in [0.15, 0.2) is 48.5 Å². The molecule has 2 rings (SSSR count). The van der Waals surface area contributed by atoms with E-state index in [1.54, 1.807) is 0 Å². The standard InChI is InChI=1S/C35H50O4/c1-3-5-7-9-10-11-12-15-19-35(36)39-30-18-14-13-17-29-38-34-26-22-32(23-27-34)31-20-24-33(25-21-31)37-28-16-8-6-4-2/h1,20-27H,4-19,28-30H2,2H3. The molecule has 214 valence electrons. The molecule has 0 saturated heterocycles. The Morgan fingerprint density at radius 2 is 1.08 bits per heavy atom. The molecule has 0 saturated carbocycles. The van der Waals surface area contributed by atoms with Gasteiger partial charge in [-0.3, -0.25) is 4.79 Å². The first kappa shape index (κ1) is 32.3. The SMILES string of the molecule is C#CCCCCCCCCC(=O)OCCCCCCOc1ccc(-c2ccc(OCCCCCC)cc2)cc1. The first-order valence-corrected chi connectivity index (χ1v) is 15.3. The number of unbranched alkanes of at least 4 members (excludes halogenated alkanes) is 12. The van der Waals surface area contributed by atoms with Crippen LogP contribution >= 0.6 is 0 Å². The van der Waals surface area contributed by atoms with Crippen LogP contribution in [-0.2, 0) is 9.53 Å². The predicted molar refractivity (Wildman–Crippen MR) is 162 cm³/mol. The topological polar surface area (TPSA) is 44.8 Å². The summed E-state index contributed by atoms with van der Waals surface area (Å²) < 4.78 is 17.1. The van der Waals surface area contributed by atoms with E-state index < -0.39 is 0 Å². The van der Waals surface area contributed by atoms with E-state index in [2.05, 4.69) is 37.1 Å². The van der Waals surface area contributed by atoms with Gasteiger partial charge in [0.2, 0.25) is 0 Å². The zero-order valence-electron chi connectivity index (χ0n) is 24.3. The second-order valence-electron chi connectivity index (χ2n) is 10.3. The largest absolute Gasteiger partial charge is 0.494 e. The fraction of sp³-hybridized carbons (Fsp3) is 0.571. The van der Waals surface area contributed by atoms with E-state index in [4.69, 9.17) is 20.6 Å². The van der Waals surface area contributed by atoms with Crippen LogP contribution in [0, 0.1) is 12.3 Å². The summed E-state index contributed by atoms with van der Waals surface area (Å²) in [6.45, 7) is 4.24. The number of benzene rings is 2. The van der Waals surface area contributed by atoms with Crippen LogP contribution < -0.4 is 9.47 Å². The molecule has 2 aromatic rings. The quantitative estimate of drug-likeness (QED) is 0.0809. The average molecular weight is 535 g/mol. The van der Waals surface area contributed by atoms with Crippen molar-refractivity contribution in [2.75, 3.05) is 19.8 Å². The van der Waals surface area contributed by atoms with Crippen molar-refractivity contribution in [2.45, 2.75) is 110 Å². The van der Waals surface area contributed by atoms with Crippen molar-refractivity contribution in [3.63, 3.8) is 0 Å². The highest BCUT2D eigenvalue weighted by atomic mass is 16.5. The van der Waals surface area contributed by atoms with Gasteiger partial charge in [-0.1, -0.05) is 76.1 Å². The lowest BCUT2D eigenvalue weighted by Gasteiger charge is -2.09. The molecule has 0 radical (unpaired) electrons. The molecule has 0 aliphatic rings. The molecule has 0 amide bonds. The van der Waals surface area contributed by atoms with Crippen LogP contribution in [0.2, 0.25) is 0 Å². The Hall–Kier alpha value is -2.93. The van der Waals surface area contributed by atoms with Gasteiger partial charge in [0.15, 0.2) is 0 Å². The summed E-state index contributed by atoms with van der Waals surface area (Å²) in [5.74, 6) is 4.44. The lowest BCUT2D eigenvalue weighted by Crippen LogP contribution is -2.05. The first-order valence-electron chi connectivity index (χ1n) is 15.3. The summed E-state index contributed by atoms with van der Waals surface area (Å²) in [5, 5.41) is 0. The maximum absolute atomic E-state index is 11.8. The highest BCUT2D eigenvalue weighted by Gasteiger charge is 2.03. The smallest absolute Gasteiger partial charge is 0.305 e. The Labute approximate surface area is 237 Å². The number of hydrogen-bond donors (Lipinski definition) is 0. The second-order valence-corrected chi connectivity index (χ2v) is 10.3. The van der Waals surface area contributed by atoms with Crippen LogP contribution in [0.1, 0.15) is 110 Å². The van der Waals surface area contributed by atoms with Gasteiger partial charge in [-0.2, -0.15) is 0 Å². The molecule has 0 aliphatic carbocycles. The third kappa shape index (κ3) is 15.9. The number of rotatable bonds is 23. The Bertz CT molecular complexity index is 911. The van der Waals surface area contributed by atoms with E-state index in [1.807, 2.05) is 24.3 Å². The molecule has 0 bridgehead atoms. The van der Waals surface area contributed by atoms with E-state index in [9.17, 15) is 4.79 Å². The van der Waals surface area contributed by atoms with E-state index >= 15 is 0 Å². The fourth-order valence-electron chi connectivity index (χ4n) is 4.42. The molecular formula is C35H50O4. The molecule has 4 heteroatoms. The first-order chi connectivity index (χ1) is 19.2. The molecule has 0 spiro atoms. The molecule has 0 atom stereocenters. The molecule has 2 aromatic carbocycles. The Morgan fingerprint density at radius 3 is 1.62 bits per heavy atom. The third-order valence-electron chi connectivity index (χ3n) is 6.83. The maximum Gasteiger partial charge on any atom is 0.305 e. The number of hydrogen-bond acceptors (Lipinski definition) is 4. The van der Waals surface area contributed by atoms with Gasteiger partial charge in [0, 0.05) is 12.8 Å². The molecule has 4 nitrogen and oxygen atoms in total. The average Bonchev–Trinajstić information content (AvgIpc) is 2.96. The number of carbonyl (C=O) groups is 1. The van der Waals surface area contributed by atoms with Gasteiger partial charge in [0.05, 0.1) is 19.8 Å². The van der Waals surface area contributed by atoms with E-state index in [0.29, 0.717) is 19.6 Å². The molecule has 39 heavy (non-hydrogen) atoms. The van der Waals surface area contributed by atoms with Crippen LogP contribution in [0.25, 0.3) is 11.1 Å². The molecule has 0 fully saturated rings. The summed E-state index contributed by atoms with van der Waals surface area (Å²) in [6, 6.07) is 16.6. The van der Waals surface area contributed by atoms with Gasteiger partial charge in [0.25, 0.3) is 0 Å². The van der Waals surface area contributed by atoms with Gasteiger partial charge in [-0.05, 0) is 80.3 Å². The second kappa shape index (κ2) is 21.9. The summed E-state index contributed by atoms with van der Waals surface area (Å²) >= 11 is 0. The van der Waals surface area contributed by atoms with Crippen LogP contribution in [0.3, 0.4) is 0 Å². The number of terminal acetylenes is 1. The minimum absolute atomic E-state index is 0.0591. The summed E-state index contributed by atoms with van der Waals surface area (Å²) in [6.07, 6.45) is 22.3. The van der Waals surface area contributed by atoms with Gasteiger partial charge in [-0.25, -0.2) is 0 Å². The van der Waals surface area contributed by atoms with Crippen molar-refractivity contribution >= 4 is 5.97 Å². The summed E-state index contributed by atoms with van der Waals surface area (Å²) in [5.41, 5.74) is 2.34. The monoisotopic (exact) mass is 534 g/mol. The van der Waals surface area contributed by atoms with Crippen molar-refractivity contribution in [3.8, 4) is 35.0 Å². The van der Waals surface area contributed by atoms with E-state index in [-0.39, 0.29) is 5.97 Å². The van der Waals surface area contributed by atoms with Crippen molar-refractivity contribution in [1.29, 1.82) is 0 Å². The minimum Gasteiger partial charge on any atom is -0.494 e. The lowest BCUT2D eigenvalue weighted by atomic mass is 10.1. The van der Waals surface area contributed by atoms with Gasteiger partial charge >= 0.3 is 5.97 Å². The van der Waals surface area contributed by atoms with Crippen LogP contribution in [-0.4, -0.2) is 25.8 Å². The molecule has 0 aromatic heterocycles. The van der Waals surface area contributed by atoms with Crippen molar-refractivity contribution in [3.05, 3.63) is 48.5 Å². The Morgan fingerprint density at radius 1 is 0.615 bits per heavy atom. The summed E-state index contributed by atoms with van der Waals surface area (Å²) in [4.78, 5) is 11.8. The van der Waals surface area contributed by atoms with Crippen LogP contribution in [0.4, 0.5) is 0 Å². The lowest BCUT2D eigenvalue weighted by molar-refractivity contribution is -0.143. The van der Waals surface area contributed by atoms with Crippen molar-refractivity contribution in [2.24, 2.45) is 0 Å². The zero-order chi connectivity index (χ0) is 27.8. The zero-order valence-corrected chi connectivity index (χ0v) is 24.3. The minimum atomic E-state index is -0.0591. The summed E-state index contributed by atoms with van der Waals surface area (Å²) in [7, 11) is 0.